The maximum Gasteiger partial charge on any atom is 0.389 e. The van der Waals surface area contributed by atoms with E-state index in [1.54, 1.807) is 12.3 Å². The summed E-state index contributed by atoms with van der Waals surface area (Å²) in [6, 6.07) is 13.6. The summed E-state index contributed by atoms with van der Waals surface area (Å²) in [6.45, 7) is 4.07. The van der Waals surface area contributed by atoms with Crippen molar-refractivity contribution in [3.05, 3.63) is 65.4 Å². The van der Waals surface area contributed by atoms with Gasteiger partial charge in [0.15, 0.2) is 0 Å². The minimum atomic E-state index is -4.13. The zero-order chi connectivity index (χ0) is 17.3. The van der Waals surface area contributed by atoms with Crippen molar-refractivity contribution in [2.75, 3.05) is 0 Å². The molecule has 124 valence electrons. The summed E-state index contributed by atoms with van der Waals surface area (Å²) < 4.78 is 37.2. The van der Waals surface area contributed by atoms with Gasteiger partial charge in [-0.15, -0.1) is 0 Å². The SMILES string of the molecule is Cc1cc(C)cc(-c2cc3cc(CCC(F)(F)F)ccc3cn2)c1. The molecule has 0 aliphatic carbocycles. The number of rotatable bonds is 3. The molecule has 1 nitrogen and oxygen atoms in total. The topological polar surface area (TPSA) is 12.9 Å². The maximum atomic E-state index is 12.4. The molecular formula is C20H18F3N. The molecule has 3 aromatic rings. The van der Waals surface area contributed by atoms with Crippen molar-refractivity contribution in [2.24, 2.45) is 0 Å². The lowest BCUT2D eigenvalue weighted by Crippen LogP contribution is -2.08. The second-order valence-corrected chi connectivity index (χ2v) is 6.24. The summed E-state index contributed by atoms with van der Waals surface area (Å²) >= 11 is 0. The second kappa shape index (κ2) is 6.27. The molecule has 2 aromatic carbocycles. The third-order valence-electron chi connectivity index (χ3n) is 4.00. The Labute approximate surface area is 139 Å². The van der Waals surface area contributed by atoms with Gasteiger partial charge in [0.05, 0.1) is 5.69 Å². The molecule has 0 radical (unpaired) electrons. The average Bonchev–Trinajstić information content (AvgIpc) is 2.50. The lowest BCUT2D eigenvalue weighted by atomic mass is 10.0. The Bertz CT molecular complexity index is 861. The lowest BCUT2D eigenvalue weighted by Gasteiger charge is -2.09. The van der Waals surface area contributed by atoms with Crippen LogP contribution in [0.2, 0.25) is 0 Å². The Balaban J connectivity index is 1.97. The molecule has 24 heavy (non-hydrogen) atoms. The van der Waals surface area contributed by atoms with Crippen LogP contribution in [-0.4, -0.2) is 11.2 Å². The second-order valence-electron chi connectivity index (χ2n) is 6.24. The van der Waals surface area contributed by atoms with Crippen molar-refractivity contribution >= 4 is 10.8 Å². The van der Waals surface area contributed by atoms with Crippen LogP contribution in [0.3, 0.4) is 0 Å². The van der Waals surface area contributed by atoms with E-state index in [1.807, 2.05) is 32.0 Å². The number of pyridine rings is 1. The van der Waals surface area contributed by atoms with Crippen LogP contribution in [0, 0.1) is 13.8 Å². The third-order valence-corrected chi connectivity index (χ3v) is 4.00. The highest BCUT2D eigenvalue weighted by molar-refractivity contribution is 5.86. The highest BCUT2D eigenvalue weighted by Crippen LogP contribution is 2.26. The van der Waals surface area contributed by atoms with Gasteiger partial charge in [-0.1, -0.05) is 35.4 Å². The largest absolute Gasteiger partial charge is 0.389 e. The van der Waals surface area contributed by atoms with Gasteiger partial charge < -0.3 is 0 Å². The van der Waals surface area contributed by atoms with E-state index in [-0.39, 0.29) is 6.42 Å². The molecule has 0 N–H and O–H groups in total. The summed E-state index contributed by atoms with van der Waals surface area (Å²) in [5, 5.41) is 1.85. The average molecular weight is 329 g/mol. The predicted molar refractivity (Wildman–Crippen MR) is 91.0 cm³/mol. The van der Waals surface area contributed by atoms with Crippen LogP contribution in [0.4, 0.5) is 13.2 Å². The first-order valence-corrected chi connectivity index (χ1v) is 7.84. The van der Waals surface area contributed by atoms with E-state index in [0.717, 1.165) is 33.2 Å². The van der Waals surface area contributed by atoms with Crippen molar-refractivity contribution < 1.29 is 13.2 Å². The summed E-state index contributed by atoms with van der Waals surface area (Å²) in [4.78, 5) is 4.49. The number of hydrogen-bond acceptors (Lipinski definition) is 1. The molecule has 0 saturated heterocycles. The first-order valence-electron chi connectivity index (χ1n) is 7.84. The monoisotopic (exact) mass is 329 g/mol. The highest BCUT2D eigenvalue weighted by Gasteiger charge is 2.26. The van der Waals surface area contributed by atoms with Gasteiger partial charge >= 0.3 is 6.18 Å². The van der Waals surface area contributed by atoms with Gasteiger partial charge in [-0.25, -0.2) is 0 Å². The number of aromatic nitrogens is 1. The summed E-state index contributed by atoms with van der Waals surface area (Å²) in [6.07, 6.45) is -3.15. The molecule has 0 aliphatic rings. The molecule has 4 heteroatoms. The number of hydrogen-bond donors (Lipinski definition) is 0. The Morgan fingerprint density at radius 3 is 2.25 bits per heavy atom. The number of aryl methyl sites for hydroxylation is 3. The lowest BCUT2D eigenvalue weighted by molar-refractivity contribution is -0.133. The van der Waals surface area contributed by atoms with Crippen molar-refractivity contribution in [3.8, 4) is 11.3 Å². The normalized spacial score (nSPS) is 11.9. The van der Waals surface area contributed by atoms with Crippen molar-refractivity contribution in [3.63, 3.8) is 0 Å². The van der Waals surface area contributed by atoms with E-state index in [2.05, 4.69) is 23.2 Å². The highest BCUT2D eigenvalue weighted by atomic mass is 19.4. The number of benzene rings is 2. The summed E-state index contributed by atoms with van der Waals surface area (Å²) in [5.41, 5.74) is 4.87. The van der Waals surface area contributed by atoms with Crippen LogP contribution in [0.5, 0.6) is 0 Å². The molecule has 0 unspecified atom stereocenters. The zero-order valence-corrected chi connectivity index (χ0v) is 13.6. The molecule has 0 atom stereocenters. The molecule has 1 aromatic heterocycles. The third kappa shape index (κ3) is 3.94. The zero-order valence-electron chi connectivity index (χ0n) is 13.6. The maximum absolute atomic E-state index is 12.4. The van der Waals surface area contributed by atoms with Crippen LogP contribution in [-0.2, 0) is 6.42 Å². The summed E-state index contributed by atoms with van der Waals surface area (Å²) in [7, 11) is 0. The molecule has 0 amide bonds. The van der Waals surface area contributed by atoms with Crippen molar-refractivity contribution in [1.29, 1.82) is 0 Å². The van der Waals surface area contributed by atoms with Crippen LogP contribution >= 0.6 is 0 Å². The fourth-order valence-electron chi connectivity index (χ4n) is 2.91. The van der Waals surface area contributed by atoms with Crippen molar-refractivity contribution in [1.82, 2.24) is 4.98 Å². The van der Waals surface area contributed by atoms with Gasteiger partial charge in [0.25, 0.3) is 0 Å². The van der Waals surface area contributed by atoms with E-state index < -0.39 is 12.6 Å². The minimum Gasteiger partial charge on any atom is -0.256 e. The minimum absolute atomic E-state index is 0.000644. The molecule has 0 bridgehead atoms. The smallest absolute Gasteiger partial charge is 0.256 e. The van der Waals surface area contributed by atoms with E-state index in [1.165, 1.54) is 0 Å². The first kappa shape index (κ1) is 16.5. The van der Waals surface area contributed by atoms with Gasteiger partial charge in [-0.3, -0.25) is 4.98 Å². The molecule has 0 saturated carbocycles. The van der Waals surface area contributed by atoms with Gasteiger partial charge in [0.2, 0.25) is 0 Å². The van der Waals surface area contributed by atoms with E-state index in [4.69, 9.17) is 0 Å². The van der Waals surface area contributed by atoms with E-state index >= 15 is 0 Å². The fourth-order valence-corrected chi connectivity index (χ4v) is 2.91. The van der Waals surface area contributed by atoms with Crippen LogP contribution in [0.25, 0.3) is 22.0 Å². The number of fused-ring (bicyclic) bond motifs is 1. The first-order chi connectivity index (χ1) is 11.3. The quantitative estimate of drug-likeness (QED) is 0.573. The summed E-state index contributed by atoms with van der Waals surface area (Å²) in [5.74, 6) is 0. The Kier molecular flexibility index (Phi) is 4.31. The molecule has 0 aliphatic heterocycles. The Morgan fingerprint density at radius 2 is 1.58 bits per heavy atom. The predicted octanol–water partition coefficient (Wildman–Crippen LogP) is 6.01. The van der Waals surface area contributed by atoms with Gasteiger partial charge in [0.1, 0.15) is 0 Å². The van der Waals surface area contributed by atoms with E-state index in [0.29, 0.717) is 5.56 Å². The van der Waals surface area contributed by atoms with Crippen LogP contribution in [0.1, 0.15) is 23.1 Å². The van der Waals surface area contributed by atoms with Gasteiger partial charge in [-0.05, 0) is 49.4 Å². The van der Waals surface area contributed by atoms with Crippen molar-refractivity contribution in [2.45, 2.75) is 32.9 Å². The molecule has 1 heterocycles. The number of halogens is 3. The molecule has 0 spiro atoms. The standard InChI is InChI=1S/C20H18F3N/c1-13-7-14(2)9-18(8-13)19-11-17-10-15(5-6-20(21,22)23)3-4-16(17)12-24-19/h3-4,7-12H,5-6H2,1-2H3. The number of alkyl halides is 3. The van der Waals surface area contributed by atoms with Gasteiger partial charge in [-0.2, -0.15) is 13.2 Å². The Morgan fingerprint density at radius 1 is 0.875 bits per heavy atom. The molecule has 3 rings (SSSR count). The van der Waals surface area contributed by atoms with Crippen LogP contribution in [0.15, 0.2) is 48.7 Å². The molecular weight excluding hydrogens is 311 g/mol. The molecule has 0 fully saturated rings. The van der Waals surface area contributed by atoms with Crippen LogP contribution < -0.4 is 0 Å². The fraction of sp³-hybridized carbons (Fsp3) is 0.250. The number of nitrogens with zero attached hydrogens (tertiary/aromatic N) is 1. The van der Waals surface area contributed by atoms with Gasteiger partial charge in [0, 0.05) is 23.6 Å². The van der Waals surface area contributed by atoms with E-state index in [9.17, 15) is 13.2 Å². The Hall–Kier alpha value is -2.36.